The number of hydrogen-bond donors (Lipinski definition) is 2. The molecule has 2 atom stereocenters. The Labute approximate surface area is 151 Å². The van der Waals surface area contributed by atoms with E-state index in [0.29, 0.717) is 17.0 Å². The van der Waals surface area contributed by atoms with E-state index in [1.54, 1.807) is 31.3 Å². The van der Waals surface area contributed by atoms with Crippen LogP contribution in [0.3, 0.4) is 0 Å². The largest absolute Gasteiger partial charge is 0.497 e. The van der Waals surface area contributed by atoms with E-state index in [1.807, 2.05) is 0 Å². The molecule has 0 aliphatic carbocycles. The molecule has 2 aliphatic heterocycles. The number of benzene rings is 1. The number of sulfonamides is 2. The lowest BCUT2D eigenvalue weighted by molar-refractivity contribution is 0.415. The van der Waals surface area contributed by atoms with Crippen molar-refractivity contribution < 1.29 is 21.6 Å². The summed E-state index contributed by atoms with van der Waals surface area (Å²) in [4.78, 5) is 0. The summed E-state index contributed by atoms with van der Waals surface area (Å²) in [6, 6.07) is 6.45. The number of nitrogens with zero attached hydrogens (tertiary/aromatic N) is 1. The average Bonchev–Trinajstić information content (AvgIpc) is 3.02. The number of nitrogens with one attached hydrogen (secondary N) is 1. The van der Waals surface area contributed by atoms with Crippen molar-refractivity contribution in [2.75, 3.05) is 25.0 Å². The topological polar surface area (TPSA) is 119 Å². The molecule has 0 fully saturated rings. The minimum absolute atomic E-state index is 0.0694. The van der Waals surface area contributed by atoms with Crippen molar-refractivity contribution in [3.63, 3.8) is 0 Å². The maximum absolute atomic E-state index is 13.1. The van der Waals surface area contributed by atoms with E-state index in [2.05, 4.69) is 5.32 Å². The van der Waals surface area contributed by atoms with Crippen LogP contribution in [0.4, 0.5) is 5.69 Å². The molecule has 0 aromatic heterocycles. The van der Waals surface area contributed by atoms with Crippen molar-refractivity contribution in [3.8, 4) is 5.75 Å². The molecule has 3 N–H and O–H groups in total. The van der Waals surface area contributed by atoms with Gasteiger partial charge in [-0.25, -0.2) is 22.0 Å². The van der Waals surface area contributed by atoms with E-state index in [1.165, 1.54) is 11.4 Å². The number of ether oxygens (including phenoxy) is 1. The summed E-state index contributed by atoms with van der Waals surface area (Å²) in [6.07, 6.45) is 0.107. The second-order valence-electron chi connectivity index (χ2n) is 5.73. The number of primary sulfonamides is 1. The Morgan fingerprint density at radius 2 is 2.12 bits per heavy atom. The van der Waals surface area contributed by atoms with Gasteiger partial charge in [0, 0.05) is 12.1 Å². The van der Waals surface area contributed by atoms with Crippen molar-refractivity contribution >= 4 is 37.5 Å². The molecule has 1 unspecified atom stereocenters. The summed E-state index contributed by atoms with van der Waals surface area (Å²) < 4.78 is 55.1. The van der Waals surface area contributed by atoms with Gasteiger partial charge in [0.1, 0.15) is 14.6 Å². The molecular weight excluding hydrogens is 386 g/mol. The van der Waals surface area contributed by atoms with Gasteiger partial charge in [-0.1, -0.05) is 17.8 Å². The highest BCUT2D eigenvalue weighted by Crippen LogP contribution is 2.48. The standard InChI is InChI=1S/C14H19N3O5S3/c1-16-12-8-17(9-4-3-5-10(6-9)22-2)25(20,21)14-11(12)7-13(23-14)24(15,18)19/h3-6,12-13,16H,7-8H2,1-2H3,(H2,15,18,19)/t12-,13?/m1/s1. The van der Waals surface area contributed by atoms with Crippen LogP contribution in [0.2, 0.25) is 0 Å². The Morgan fingerprint density at radius 3 is 2.72 bits per heavy atom. The third-order valence-corrected chi connectivity index (χ3v) is 9.73. The number of rotatable bonds is 4. The Kier molecular flexibility index (Phi) is 4.79. The van der Waals surface area contributed by atoms with E-state index in [-0.39, 0.29) is 23.2 Å². The fraction of sp³-hybridized carbons (Fsp3) is 0.429. The van der Waals surface area contributed by atoms with Crippen LogP contribution >= 0.6 is 11.8 Å². The van der Waals surface area contributed by atoms with Crippen LogP contribution in [0, 0.1) is 0 Å². The summed E-state index contributed by atoms with van der Waals surface area (Å²) in [7, 11) is -4.48. The van der Waals surface area contributed by atoms with E-state index < -0.39 is 24.6 Å². The molecular formula is C14H19N3O5S3. The van der Waals surface area contributed by atoms with E-state index in [4.69, 9.17) is 9.88 Å². The molecule has 0 amide bonds. The molecule has 1 aromatic carbocycles. The lowest BCUT2D eigenvalue weighted by atomic mass is 10.1. The van der Waals surface area contributed by atoms with Gasteiger partial charge < -0.3 is 10.1 Å². The Balaban J connectivity index is 2.06. The van der Waals surface area contributed by atoms with Gasteiger partial charge in [0.2, 0.25) is 10.0 Å². The minimum atomic E-state index is -3.85. The number of likely N-dealkylation sites (N-methyl/N-ethyl adjacent to an activating group) is 1. The minimum Gasteiger partial charge on any atom is -0.497 e. The maximum atomic E-state index is 13.1. The number of nitrogens with two attached hydrogens (primary N) is 1. The molecule has 138 valence electrons. The van der Waals surface area contributed by atoms with Crippen LogP contribution in [0.15, 0.2) is 34.1 Å². The molecule has 3 rings (SSSR count). The zero-order chi connectivity index (χ0) is 18.4. The Morgan fingerprint density at radius 1 is 1.40 bits per heavy atom. The quantitative estimate of drug-likeness (QED) is 0.744. The monoisotopic (exact) mass is 405 g/mol. The smallest absolute Gasteiger partial charge is 0.270 e. The third kappa shape index (κ3) is 3.26. The van der Waals surface area contributed by atoms with Crippen molar-refractivity contribution in [3.05, 3.63) is 34.1 Å². The summed E-state index contributed by atoms with van der Waals surface area (Å²) in [6.45, 7) is 0.169. The van der Waals surface area contributed by atoms with E-state index in [0.717, 1.165) is 11.8 Å². The average molecular weight is 406 g/mol. The van der Waals surface area contributed by atoms with Crippen LogP contribution in [0.1, 0.15) is 6.42 Å². The fourth-order valence-corrected chi connectivity index (χ4v) is 7.84. The first-order valence-electron chi connectivity index (χ1n) is 7.44. The van der Waals surface area contributed by atoms with Crippen molar-refractivity contribution in [1.29, 1.82) is 0 Å². The summed E-state index contributed by atoms with van der Waals surface area (Å²) in [5.41, 5.74) is 1.04. The molecule has 25 heavy (non-hydrogen) atoms. The molecule has 0 radical (unpaired) electrons. The third-order valence-electron chi connectivity index (χ3n) is 4.24. The molecule has 0 saturated carbocycles. The van der Waals surface area contributed by atoms with Gasteiger partial charge in [-0.05, 0) is 31.2 Å². The number of hydrogen-bond acceptors (Lipinski definition) is 7. The predicted molar refractivity (Wildman–Crippen MR) is 98.2 cm³/mol. The zero-order valence-electron chi connectivity index (χ0n) is 13.7. The van der Waals surface area contributed by atoms with Crippen LogP contribution in [0.5, 0.6) is 5.75 Å². The highest BCUT2D eigenvalue weighted by atomic mass is 32.3. The van der Waals surface area contributed by atoms with Crippen LogP contribution in [0.25, 0.3) is 0 Å². The van der Waals surface area contributed by atoms with Gasteiger partial charge in [0.05, 0.1) is 19.3 Å². The molecule has 0 spiro atoms. The van der Waals surface area contributed by atoms with Crippen molar-refractivity contribution in [1.82, 2.24) is 5.32 Å². The molecule has 0 saturated heterocycles. The van der Waals surface area contributed by atoms with E-state index >= 15 is 0 Å². The SMILES string of the molecule is CN[C@@H]1CN(c2cccc(OC)c2)S(=O)(=O)C2=C1CC(S(N)(=O)=O)S2. The van der Waals surface area contributed by atoms with Crippen molar-refractivity contribution in [2.45, 2.75) is 17.0 Å². The summed E-state index contributed by atoms with van der Waals surface area (Å²) in [5, 5.41) is 8.30. The van der Waals surface area contributed by atoms with Crippen LogP contribution in [-0.2, 0) is 20.0 Å². The lowest BCUT2D eigenvalue weighted by Crippen LogP contribution is -2.48. The highest BCUT2D eigenvalue weighted by molar-refractivity contribution is 8.24. The van der Waals surface area contributed by atoms with Crippen molar-refractivity contribution in [2.24, 2.45) is 5.14 Å². The lowest BCUT2D eigenvalue weighted by Gasteiger charge is -2.34. The normalized spacial score (nSPS) is 25.8. The van der Waals surface area contributed by atoms with Crippen LogP contribution < -0.4 is 19.5 Å². The molecule has 1 aromatic rings. The maximum Gasteiger partial charge on any atom is 0.270 e. The van der Waals surface area contributed by atoms with E-state index in [9.17, 15) is 16.8 Å². The van der Waals surface area contributed by atoms with Gasteiger partial charge in [0.15, 0.2) is 0 Å². The Hall–Kier alpha value is -1.27. The molecule has 0 bridgehead atoms. The molecule has 11 heteroatoms. The van der Waals surface area contributed by atoms with Gasteiger partial charge in [-0.2, -0.15) is 0 Å². The van der Waals surface area contributed by atoms with Gasteiger partial charge in [-0.3, -0.25) is 4.31 Å². The number of methoxy groups -OCH3 is 1. The highest BCUT2D eigenvalue weighted by Gasteiger charge is 2.47. The van der Waals surface area contributed by atoms with Gasteiger partial charge >= 0.3 is 0 Å². The second-order valence-corrected chi connectivity index (χ2v) is 11.0. The molecule has 8 nitrogen and oxygen atoms in total. The summed E-state index contributed by atoms with van der Waals surface area (Å²) in [5.74, 6) is 0.537. The first-order chi connectivity index (χ1) is 11.7. The number of anilines is 1. The molecule has 2 aliphatic rings. The van der Waals surface area contributed by atoms with Gasteiger partial charge in [-0.15, -0.1) is 0 Å². The fourth-order valence-electron chi connectivity index (χ4n) is 2.94. The first kappa shape index (κ1) is 18.5. The first-order valence-corrected chi connectivity index (χ1v) is 11.4. The Bertz CT molecular complexity index is 927. The predicted octanol–water partition coefficient (Wildman–Crippen LogP) is 0.396. The molecule has 2 heterocycles. The number of thioether (sulfide) groups is 1. The zero-order valence-corrected chi connectivity index (χ0v) is 16.1. The van der Waals surface area contributed by atoms with Crippen LogP contribution in [-0.4, -0.2) is 48.2 Å². The summed E-state index contributed by atoms with van der Waals surface area (Å²) >= 11 is 0.802. The second kappa shape index (κ2) is 6.47. The van der Waals surface area contributed by atoms with Gasteiger partial charge in [0.25, 0.3) is 10.0 Å².